The van der Waals surface area contributed by atoms with Crippen LogP contribution in [0.25, 0.3) is 0 Å². The summed E-state index contributed by atoms with van der Waals surface area (Å²) in [5.74, 6) is 1.28. The molecule has 3 rings (SSSR count). The van der Waals surface area contributed by atoms with E-state index in [2.05, 4.69) is 5.32 Å². The van der Waals surface area contributed by atoms with Crippen LogP contribution in [0, 0.1) is 0 Å². The van der Waals surface area contributed by atoms with E-state index >= 15 is 0 Å². The molecule has 0 aliphatic carbocycles. The summed E-state index contributed by atoms with van der Waals surface area (Å²) in [5, 5.41) is 2.57. The molecule has 29 heavy (non-hydrogen) atoms. The zero-order valence-electron chi connectivity index (χ0n) is 15.5. The fraction of sp³-hybridized carbons (Fsp3) is 0.136. The smallest absolute Gasteiger partial charge is 0.416 e. The van der Waals surface area contributed by atoms with E-state index in [0.29, 0.717) is 23.8 Å². The quantitative estimate of drug-likeness (QED) is 0.539. The summed E-state index contributed by atoms with van der Waals surface area (Å²) >= 11 is 0. The Labute approximate surface area is 165 Å². The summed E-state index contributed by atoms with van der Waals surface area (Å²) < 4.78 is 49.5. The number of halogens is 3. The minimum Gasteiger partial charge on any atom is -0.494 e. The van der Waals surface area contributed by atoms with E-state index < -0.39 is 17.6 Å². The topological polar surface area (TPSA) is 47.6 Å². The van der Waals surface area contributed by atoms with Crippen molar-refractivity contribution in [1.82, 2.24) is 0 Å². The Morgan fingerprint density at radius 3 is 2.07 bits per heavy atom. The average Bonchev–Trinajstić information content (AvgIpc) is 2.70. The van der Waals surface area contributed by atoms with Gasteiger partial charge in [0.25, 0.3) is 5.91 Å². The largest absolute Gasteiger partial charge is 0.494 e. The van der Waals surface area contributed by atoms with Gasteiger partial charge >= 0.3 is 6.18 Å². The predicted octanol–water partition coefficient (Wildman–Crippen LogP) is 6.15. The zero-order valence-corrected chi connectivity index (χ0v) is 15.5. The molecule has 0 radical (unpaired) electrons. The second-order valence-electron chi connectivity index (χ2n) is 6.06. The Hall–Kier alpha value is -3.48. The first-order chi connectivity index (χ1) is 13.8. The summed E-state index contributed by atoms with van der Waals surface area (Å²) in [6.07, 6.45) is -4.50. The van der Waals surface area contributed by atoms with Gasteiger partial charge in [0.2, 0.25) is 0 Å². The number of anilines is 1. The lowest BCUT2D eigenvalue weighted by Gasteiger charge is -2.10. The van der Waals surface area contributed by atoms with Gasteiger partial charge in [-0.05, 0) is 73.7 Å². The minimum atomic E-state index is -4.50. The fourth-order valence-corrected chi connectivity index (χ4v) is 2.55. The van der Waals surface area contributed by atoms with Crippen LogP contribution in [0.4, 0.5) is 18.9 Å². The van der Waals surface area contributed by atoms with Crippen LogP contribution in [0.5, 0.6) is 17.2 Å². The average molecular weight is 401 g/mol. The number of nitrogens with one attached hydrogen (secondary N) is 1. The number of carbonyl (C=O) groups is 1. The molecule has 3 aromatic rings. The number of alkyl halides is 3. The molecule has 1 amide bonds. The molecule has 0 aliphatic rings. The Morgan fingerprint density at radius 2 is 1.48 bits per heavy atom. The summed E-state index contributed by atoms with van der Waals surface area (Å²) in [7, 11) is 0. The SMILES string of the molecule is CCOc1ccc(Oc2ccc(NC(=O)c3cccc(C(F)(F)F)c3)cc2)cc1. The van der Waals surface area contributed by atoms with Gasteiger partial charge in [-0.25, -0.2) is 0 Å². The first-order valence-electron chi connectivity index (χ1n) is 8.84. The molecule has 7 heteroatoms. The highest BCUT2D eigenvalue weighted by Gasteiger charge is 2.30. The molecule has 3 aromatic carbocycles. The Balaban J connectivity index is 1.64. The van der Waals surface area contributed by atoms with Gasteiger partial charge in [0, 0.05) is 11.3 Å². The van der Waals surface area contributed by atoms with Crippen LogP contribution in [0.3, 0.4) is 0 Å². The monoisotopic (exact) mass is 401 g/mol. The molecular weight excluding hydrogens is 383 g/mol. The number of amides is 1. The van der Waals surface area contributed by atoms with E-state index in [9.17, 15) is 18.0 Å². The lowest BCUT2D eigenvalue weighted by atomic mass is 10.1. The van der Waals surface area contributed by atoms with Gasteiger partial charge in [0.05, 0.1) is 12.2 Å². The molecule has 0 fully saturated rings. The molecule has 4 nitrogen and oxygen atoms in total. The van der Waals surface area contributed by atoms with Crippen molar-refractivity contribution in [3.8, 4) is 17.2 Å². The molecule has 0 aromatic heterocycles. The van der Waals surface area contributed by atoms with Crippen LogP contribution >= 0.6 is 0 Å². The Morgan fingerprint density at radius 1 is 0.897 bits per heavy atom. The van der Waals surface area contributed by atoms with Crippen molar-refractivity contribution in [1.29, 1.82) is 0 Å². The van der Waals surface area contributed by atoms with Crippen LogP contribution < -0.4 is 14.8 Å². The molecule has 0 saturated heterocycles. The predicted molar refractivity (Wildman–Crippen MR) is 104 cm³/mol. The van der Waals surface area contributed by atoms with Crippen LogP contribution in [-0.2, 0) is 6.18 Å². The highest BCUT2D eigenvalue weighted by atomic mass is 19.4. The van der Waals surface area contributed by atoms with Crippen molar-refractivity contribution in [3.63, 3.8) is 0 Å². The summed E-state index contributed by atoms with van der Waals surface area (Å²) in [5.41, 5.74) is -0.509. The first kappa shape index (κ1) is 20.3. The molecule has 0 unspecified atom stereocenters. The summed E-state index contributed by atoms with van der Waals surface area (Å²) in [6.45, 7) is 2.48. The first-order valence-corrected chi connectivity index (χ1v) is 8.84. The van der Waals surface area contributed by atoms with E-state index in [-0.39, 0.29) is 5.56 Å². The number of rotatable bonds is 6. The lowest BCUT2D eigenvalue weighted by Crippen LogP contribution is -2.13. The van der Waals surface area contributed by atoms with Crippen LogP contribution in [0.2, 0.25) is 0 Å². The maximum atomic E-state index is 12.8. The molecule has 0 saturated carbocycles. The van der Waals surface area contributed by atoms with Crippen molar-refractivity contribution in [3.05, 3.63) is 83.9 Å². The third kappa shape index (κ3) is 5.51. The summed E-state index contributed by atoms with van der Waals surface area (Å²) in [6, 6.07) is 17.9. The van der Waals surface area contributed by atoms with Crippen molar-refractivity contribution < 1.29 is 27.4 Å². The third-order valence-corrected chi connectivity index (χ3v) is 3.93. The second kappa shape index (κ2) is 8.68. The maximum absolute atomic E-state index is 12.8. The van der Waals surface area contributed by atoms with Crippen LogP contribution in [0.15, 0.2) is 72.8 Å². The molecule has 150 valence electrons. The van der Waals surface area contributed by atoms with Gasteiger partial charge in [-0.1, -0.05) is 6.07 Å². The van der Waals surface area contributed by atoms with Gasteiger partial charge in [0.15, 0.2) is 0 Å². The highest BCUT2D eigenvalue weighted by Crippen LogP contribution is 2.30. The molecule has 0 aliphatic heterocycles. The standard InChI is InChI=1S/C22H18F3NO3/c1-2-28-18-10-12-20(13-11-18)29-19-8-6-17(7-9-19)26-21(27)15-4-3-5-16(14-15)22(23,24)25/h3-14H,2H2,1H3,(H,26,27). The number of carbonyl (C=O) groups excluding carboxylic acids is 1. The van der Waals surface area contributed by atoms with Crippen molar-refractivity contribution >= 4 is 11.6 Å². The molecule has 0 atom stereocenters. The van der Waals surface area contributed by atoms with Gasteiger partial charge in [-0.15, -0.1) is 0 Å². The van der Waals surface area contributed by atoms with Gasteiger partial charge < -0.3 is 14.8 Å². The van der Waals surface area contributed by atoms with E-state index in [1.807, 2.05) is 6.92 Å². The maximum Gasteiger partial charge on any atom is 0.416 e. The second-order valence-corrected chi connectivity index (χ2v) is 6.06. The molecule has 0 heterocycles. The number of benzene rings is 3. The van der Waals surface area contributed by atoms with Crippen molar-refractivity contribution in [2.24, 2.45) is 0 Å². The molecule has 1 N–H and O–H groups in total. The fourth-order valence-electron chi connectivity index (χ4n) is 2.55. The van der Waals surface area contributed by atoms with Gasteiger partial charge in [0.1, 0.15) is 17.2 Å². The number of ether oxygens (including phenoxy) is 2. The molecular formula is C22H18F3NO3. The van der Waals surface area contributed by atoms with Crippen LogP contribution in [-0.4, -0.2) is 12.5 Å². The normalized spacial score (nSPS) is 11.0. The number of hydrogen-bond acceptors (Lipinski definition) is 3. The minimum absolute atomic E-state index is 0.0745. The molecule has 0 bridgehead atoms. The van der Waals surface area contributed by atoms with Gasteiger partial charge in [-0.3, -0.25) is 4.79 Å². The lowest BCUT2D eigenvalue weighted by molar-refractivity contribution is -0.137. The number of hydrogen-bond donors (Lipinski definition) is 1. The molecule has 0 spiro atoms. The Kier molecular flexibility index (Phi) is 6.07. The van der Waals surface area contributed by atoms with E-state index in [1.54, 1.807) is 48.5 Å². The van der Waals surface area contributed by atoms with E-state index in [0.717, 1.165) is 17.9 Å². The highest BCUT2D eigenvalue weighted by molar-refractivity contribution is 6.04. The van der Waals surface area contributed by atoms with E-state index in [4.69, 9.17) is 9.47 Å². The Bertz CT molecular complexity index is 968. The van der Waals surface area contributed by atoms with Crippen LogP contribution in [0.1, 0.15) is 22.8 Å². The summed E-state index contributed by atoms with van der Waals surface area (Å²) in [4.78, 5) is 12.2. The third-order valence-electron chi connectivity index (χ3n) is 3.93. The van der Waals surface area contributed by atoms with Gasteiger partial charge in [-0.2, -0.15) is 13.2 Å². The van der Waals surface area contributed by atoms with E-state index in [1.165, 1.54) is 12.1 Å². The van der Waals surface area contributed by atoms with Crippen molar-refractivity contribution in [2.75, 3.05) is 11.9 Å². The van der Waals surface area contributed by atoms with Crippen molar-refractivity contribution in [2.45, 2.75) is 13.1 Å². The zero-order chi connectivity index (χ0) is 20.9.